The van der Waals surface area contributed by atoms with E-state index in [0.29, 0.717) is 18.1 Å². The molecule has 24 heavy (non-hydrogen) atoms. The lowest BCUT2D eigenvalue weighted by molar-refractivity contribution is 0.259. The second-order valence-corrected chi connectivity index (χ2v) is 4.84. The van der Waals surface area contributed by atoms with Crippen LogP contribution in [0.3, 0.4) is 0 Å². The Balaban J connectivity index is 1.87. The third kappa shape index (κ3) is 3.49. The average molecular weight is 322 g/mol. The average Bonchev–Trinajstić information content (AvgIpc) is 3.06. The first-order chi connectivity index (χ1) is 11.8. The van der Waals surface area contributed by atoms with Crippen LogP contribution in [0.1, 0.15) is 0 Å². The highest BCUT2D eigenvalue weighted by Crippen LogP contribution is 2.28. The molecule has 0 fully saturated rings. The first-order valence-corrected chi connectivity index (χ1v) is 7.20. The van der Waals surface area contributed by atoms with Crippen LogP contribution >= 0.6 is 0 Å². The van der Waals surface area contributed by atoms with Crippen molar-refractivity contribution in [3.05, 3.63) is 59.0 Å². The summed E-state index contributed by atoms with van der Waals surface area (Å²) in [6.07, 6.45) is 0. The van der Waals surface area contributed by atoms with Crippen molar-refractivity contribution in [1.29, 1.82) is 0 Å². The number of anilines is 2. The summed E-state index contributed by atoms with van der Waals surface area (Å²) in [7, 11) is 0. The predicted molar refractivity (Wildman–Crippen MR) is 88.9 cm³/mol. The van der Waals surface area contributed by atoms with Crippen LogP contribution in [-0.2, 0) is 6.54 Å². The van der Waals surface area contributed by atoms with E-state index in [1.165, 1.54) is 4.80 Å². The van der Waals surface area contributed by atoms with Crippen LogP contribution in [-0.4, -0.2) is 31.9 Å². The van der Waals surface area contributed by atoms with Gasteiger partial charge >= 0.3 is 0 Å². The summed E-state index contributed by atoms with van der Waals surface area (Å²) in [6, 6.07) is 14.7. The Morgan fingerprint density at radius 1 is 1.17 bits per heavy atom. The minimum atomic E-state index is -0.0484. The van der Waals surface area contributed by atoms with Crippen molar-refractivity contribution < 1.29 is 5.11 Å². The number of aliphatic hydroxyl groups excluding tert-OH is 1. The molecule has 9 heteroatoms. The third-order valence-electron chi connectivity index (χ3n) is 3.23. The summed E-state index contributed by atoms with van der Waals surface area (Å²) in [5, 5.41) is 27.9. The smallest absolute Gasteiger partial charge is 0.207 e. The molecular weight excluding hydrogens is 308 g/mol. The summed E-state index contributed by atoms with van der Waals surface area (Å²) in [5.74, 6) is 0.470. The summed E-state index contributed by atoms with van der Waals surface area (Å²) in [6.45, 7) is 0.247. The Bertz CT molecular complexity index is 867. The zero-order chi connectivity index (χ0) is 16.8. The van der Waals surface area contributed by atoms with Gasteiger partial charge in [0, 0.05) is 27.5 Å². The molecule has 3 rings (SSSR count). The molecule has 3 aromatic rings. The molecule has 120 valence electrons. The van der Waals surface area contributed by atoms with Gasteiger partial charge in [-0.1, -0.05) is 29.4 Å². The van der Waals surface area contributed by atoms with Gasteiger partial charge in [-0.15, -0.1) is 10.2 Å². The van der Waals surface area contributed by atoms with E-state index < -0.39 is 0 Å². The fraction of sp³-hybridized carbons (Fsp3) is 0.133. The molecule has 0 bridgehead atoms. The lowest BCUT2D eigenvalue weighted by Crippen LogP contribution is -2.05. The first-order valence-electron chi connectivity index (χ1n) is 7.20. The lowest BCUT2D eigenvalue weighted by Gasteiger charge is -2.10. The summed E-state index contributed by atoms with van der Waals surface area (Å²) < 4.78 is 0. The quantitative estimate of drug-likeness (QED) is 0.410. The number of hydrogen-bond acceptors (Lipinski definition) is 6. The van der Waals surface area contributed by atoms with Gasteiger partial charge in [0.2, 0.25) is 5.82 Å². The van der Waals surface area contributed by atoms with E-state index >= 15 is 0 Å². The zero-order valence-corrected chi connectivity index (χ0v) is 12.6. The van der Waals surface area contributed by atoms with Crippen molar-refractivity contribution in [3.63, 3.8) is 0 Å². The van der Waals surface area contributed by atoms with E-state index in [9.17, 15) is 0 Å². The molecule has 0 spiro atoms. The topological polar surface area (TPSA) is 125 Å². The molecule has 1 heterocycles. The maximum absolute atomic E-state index is 8.94. The molecule has 0 aliphatic rings. The van der Waals surface area contributed by atoms with Crippen molar-refractivity contribution in [3.8, 4) is 11.4 Å². The fourth-order valence-corrected chi connectivity index (χ4v) is 2.14. The van der Waals surface area contributed by atoms with E-state index in [-0.39, 0.29) is 6.61 Å². The number of para-hydroxylation sites is 1. The van der Waals surface area contributed by atoms with Gasteiger partial charge in [0.05, 0.1) is 13.2 Å². The van der Waals surface area contributed by atoms with Crippen molar-refractivity contribution >= 4 is 17.1 Å². The van der Waals surface area contributed by atoms with Crippen LogP contribution in [0.4, 0.5) is 17.1 Å². The van der Waals surface area contributed by atoms with Crippen LogP contribution in [0.15, 0.2) is 53.6 Å². The maximum Gasteiger partial charge on any atom is 0.207 e. The molecule has 2 aromatic carbocycles. The van der Waals surface area contributed by atoms with E-state index in [1.807, 2.05) is 36.4 Å². The molecule has 1 aromatic heterocycles. The molecule has 2 N–H and O–H groups in total. The van der Waals surface area contributed by atoms with Crippen LogP contribution in [0, 0.1) is 0 Å². The van der Waals surface area contributed by atoms with E-state index in [2.05, 4.69) is 30.8 Å². The predicted octanol–water partition coefficient (Wildman–Crippen LogP) is 3.02. The number of hydrogen-bond donors (Lipinski definition) is 2. The second-order valence-electron chi connectivity index (χ2n) is 4.84. The molecule has 0 amide bonds. The molecule has 0 unspecified atom stereocenters. The summed E-state index contributed by atoms with van der Waals surface area (Å²) in [4.78, 5) is 4.10. The van der Waals surface area contributed by atoms with Gasteiger partial charge in [-0.3, -0.25) is 0 Å². The number of nitrogens with zero attached hydrogens (tertiary/aromatic N) is 7. The second kappa shape index (κ2) is 7.23. The van der Waals surface area contributed by atoms with Crippen molar-refractivity contribution in [2.45, 2.75) is 6.54 Å². The van der Waals surface area contributed by atoms with Crippen molar-refractivity contribution in [1.82, 2.24) is 20.2 Å². The molecule has 9 nitrogen and oxygen atoms in total. The number of rotatable bonds is 6. The van der Waals surface area contributed by atoms with Crippen LogP contribution in [0.5, 0.6) is 0 Å². The summed E-state index contributed by atoms with van der Waals surface area (Å²) in [5.41, 5.74) is 11.4. The van der Waals surface area contributed by atoms with Gasteiger partial charge in [-0.2, -0.15) is 4.80 Å². The monoisotopic (exact) mass is 322 g/mol. The van der Waals surface area contributed by atoms with E-state index in [0.717, 1.165) is 16.9 Å². The Morgan fingerprint density at radius 3 is 2.71 bits per heavy atom. The van der Waals surface area contributed by atoms with Gasteiger partial charge in [0.1, 0.15) is 0 Å². The van der Waals surface area contributed by atoms with Crippen LogP contribution < -0.4 is 5.32 Å². The molecule has 0 aliphatic carbocycles. The number of nitrogens with one attached hydrogen (secondary N) is 1. The minimum Gasteiger partial charge on any atom is -0.394 e. The number of aliphatic hydroxyl groups is 1. The first kappa shape index (κ1) is 15.5. The molecule has 0 aliphatic heterocycles. The fourth-order valence-electron chi connectivity index (χ4n) is 2.14. The van der Waals surface area contributed by atoms with E-state index in [4.69, 9.17) is 10.6 Å². The Hall–Kier alpha value is -3.42. The van der Waals surface area contributed by atoms with Gasteiger partial charge in [0.15, 0.2) is 0 Å². The van der Waals surface area contributed by atoms with Crippen molar-refractivity contribution in [2.75, 3.05) is 11.9 Å². The highest BCUT2D eigenvalue weighted by atomic mass is 16.3. The molecular formula is C15H14N8O. The van der Waals surface area contributed by atoms with Gasteiger partial charge < -0.3 is 10.4 Å². The standard InChI is InChI=1S/C15H14N8O/c16-21-18-12-7-5-11(6-8-12)17-14-4-2-1-3-13(14)15-19-22-23(20-15)9-10-24/h1-8,17,24H,9-10H2. The number of aromatic nitrogens is 4. The SMILES string of the molecule is [N-]=[N+]=Nc1ccc(Nc2ccccc2-c2nnn(CCO)n2)cc1. The molecule has 0 saturated heterocycles. The zero-order valence-electron chi connectivity index (χ0n) is 12.6. The van der Waals surface area contributed by atoms with Crippen molar-refractivity contribution in [2.24, 2.45) is 5.11 Å². The molecule has 0 radical (unpaired) electrons. The Kier molecular flexibility index (Phi) is 4.66. The Morgan fingerprint density at radius 2 is 1.96 bits per heavy atom. The van der Waals surface area contributed by atoms with Gasteiger partial charge in [0.25, 0.3) is 0 Å². The largest absolute Gasteiger partial charge is 0.394 e. The lowest BCUT2D eigenvalue weighted by atomic mass is 10.1. The normalized spacial score (nSPS) is 10.2. The summed E-state index contributed by atoms with van der Waals surface area (Å²) >= 11 is 0. The van der Waals surface area contributed by atoms with Gasteiger partial charge in [-0.05, 0) is 35.0 Å². The molecule has 0 saturated carbocycles. The number of benzene rings is 2. The highest BCUT2D eigenvalue weighted by molar-refractivity contribution is 5.77. The van der Waals surface area contributed by atoms with Gasteiger partial charge in [-0.25, -0.2) is 0 Å². The highest BCUT2D eigenvalue weighted by Gasteiger charge is 2.10. The molecule has 0 atom stereocenters. The maximum atomic E-state index is 8.94. The minimum absolute atomic E-state index is 0.0484. The van der Waals surface area contributed by atoms with E-state index in [1.54, 1.807) is 12.1 Å². The van der Waals surface area contributed by atoms with Crippen LogP contribution in [0.25, 0.3) is 21.8 Å². The number of azide groups is 1. The number of tetrazole rings is 1. The van der Waals surface area contributed by atoms with Crippen LogP contribution in [0.2, 0.25) is 0 Å². The Labute approximate surface area is 137 Å². The third-order valence-corrected chi connectivity index (χ3v) is 3.23.